The van der Waals surface area contributed by atoms with Crippen LogP contribution in [0.2, 0.25) is 5.02 Å². The molecule has 1 unspecified atom stereocenters. The van der Waals surface area contributed by atoms with E-state index in [2.05, 4.69) is 10.0 Å². The number of hydrogen-bond acceptors (Lipinski definition) is 5. The fourth-order valence-corrected chi connectivity index (χ4v) is 3.61. The molecular weight excluding hydrogens is 452 g/mol. The number of carbonyl (C=O) groups excluding carboxylic acids is 2. The van der Waals surface area contributed by atoms with Crippen molar-refractivity contribution in [2.75, 3.05) is 16.3 Å². The van der Waals surface area contributed by atoms with E-state index in [1.807, 2.05) is 6.92 Å². The Morgan fingerprint density at radius 2 is 1.66 bits per heavy atom. The van der Waals surface area contributed by atoms with E-state index < -0.39 is 28.0 Å². The van der Waals surface area contributed by atoms with Crippen LogP contribution in [-0.2, 0) is 19.6 Å². The van der Waals surface area contributed by atoms with E-state index in [1.165, 1.54) is 24.3 Å². The Balaban J connectivity index is 1.85. The minimum atomic E-state index is -3.52. The molecule has 0 saturated heterocycles. The fourth-order valence-electron chi connectivity index (χ4n) is 2.88. The summed E-state index contributed by atoms with van der Waals surface area (Å²) in [6, 6.07) is 19.5. The number of halogens is 1. The van der Waals surface area contributed by atoms with Gasteiger partial charge < -0.3 is 10.1 Å². The van der Waals surface area contributed by atoms with E-state index in [4.69, 9.17) is 16.3 Å². The number of nitrogens with one attached hydrogen (secondary N) is 2. The largest absolute Gasteiger partial charge is 0.444 e. The molecule has 3 aromatic carbocycles. The molecule has 0 fully saturated rings. The molecule has 1 amide bonds. The molecule has 0 spiro atoms. The number of benzene rings is 3. The van der Waals surface area contributed by atoms with Crippen molar-refractivity contribution in [3.63, 3.8) is 0 Å². The third kappa shape index (κ3) is 6.32. The van der Waals surface area contributed by atoms with Gasteiger partial charge in [0.2, 0.25) is 16.1 Å². The van der Waals surface area contributed by atoms with Crippen molar-refractivity contribution in [1.82, 2.24) is 0 Å². The summed E-state index contributed by atoms with van der Waals surface area (Å²) in [4.78, 5) is 25.8. The van der Waals surface area contributed by atoms with E-state index in [9.17, 15) is 18.0 Å². The Morgan fingerprint density at radius 1 is 0.938 bits per heavy atom. The lowest BCUT2D eigenvalue weighted by Gasteiger charge is -2.18. The molecule has 0 aliphatic rings. The Kier molecular flexibility index (Phi) is 7.17. The van der Waals surface area contributed by atoms with Gasteiger partial charge in [0.05, 0.1) is 11.8 Å². The molecule has 9 heteroatoms. The molecule has 1 atom stereocenters. The minimum absolute atomic E-state index is 0.0887. The smallest absolute Gasteiger partial charge is 0.339 e. The Hall–Kier alpha value is -3.36. The van der Waals surface area contributed by atoms with Gasteiger partial charge in [-0.3, -0.25) is 9.52 Å². The number of carbonyl (C=O) groups is 2. The lowest BCUT2D eigenvalue weighted by atomic mass is 10.1. The zero-order chi connectivity index (χ0) is 23.3. The number of ether oxygens (including phenoxy) is 1. The molecule has 0 radical (unpaired) electrons. The standard InChI is InChI=1S/C23H21ClN2O5S/c1-15-11-12-18(14-20(15)24)25-22(27)21(16-7-4-3-5-8-16)31-23(28)17-9-6-10-19(13-17)26-32(2,29)30/h3-14,21,26H,1-2H3,(H,25,27). The maximum atomic E-state index is 13.0. The van der Waals surface area contributed by atoms with Crippen LogP contribution in [0.5, 0.6) is 0 Å². The first kappa shape index (κ1) is 23.3. The highest BCUT2D eigenvalue weighted by Gasteiger charge is 2.26. The van der Waals surface area contributed by atoms with Gasteiger partial charge in [0.25, 0.3) is 5.91 Å². The van der Waals surface area contributed by atoms with Crippen LogP contribution in [0, 0.1) is 6.92 Å². The van der Waals surface area contributed by atoms with E-state index in [-0.39, 0.29) is 11.3 Å². The minimum Gasteiger partial charge on any atom is -0.444 e. The second-order valence-electron chi connectivity index (χ2n) is 7.10. The van der Waals surface area contributed by atoms with Gasteiger partial charge in [-0.15, -0.1) is 0 Å². The number of esters is 1. The topological polar surface area (TPSA) is 102 Å². The summed E-state index contributed by atoms with van der Waals surface area (Å²) in [5.74, 6) is -1.34. The highest BCUT2D eigenvalue weighted by atomic mass is 35.5. The van der Waals surface area contributed by atoms with Crippen LogP contribution in [-0.4, -0.2) is 26.6 Å². The molecular formula is C23H21ClN2O5S. The molecule has 0 aromatic heterocycles. The SMILES string of the molecule is Cc1ccc(NC(=O)C(OC(=O)c2cccc(NS(C)(=O)=O)c2)c2ccccc2)cc1Cl. The summed E-state index contributed by atoms with van der Waals surface area (Å²) in [7, 11) is -3.52. The highest BCUT2D eigenvalue weighted by Crippen LogP contribution is 2.25. The highest BCUT2D eigenvalue weighted by molar-refractivity contribution is 7.92. The Labute approximate surface area is 191 Å². The molecule has 3 aromatic rings. The fraction of sp³-hybridized carbons (Fsp3) is 0.130. The van der Waals surface area contributed by atoms with Gasteiger partial charge in [-0.25, -0.2) is 13.2 Å². The average molecular weight is 473 g/mol. The van der Waals surface area contributed by atoms with E-state index in [0.29, 0.717) is 16.3 Å². The molecule has 2 N–H and O–H groups in total. The van der Waals surface area contributed by atoms with Crippen molar-refractivity contribution in [1.29, 1.82) is 0 Å². The summed E-state index contributed by atoms with van der Waals surface area (Å²) in [6.07, 6.45) is -0.235. The average Bonchev–Trinajstić information content (AvgIpc) is 2.74. The first-order valence-corrected chi connectivity index (χ1v) is 11.8. The number of amides is 1. The van der Waals surface area contributed by atoms with E-state index >= 15 is 0 Å². The number of hydrogen-bond donors (Lipinski definition) is 2. The summed E-state index contributed by atoms with van der Waals surface area (Å²) in [5, 5.41) is 3.21. The number of anilines is 2. The van der Waals surface area contributed by atoms with Crippen molar-refractivity contribution >= 4 is 44.9 Å². The summed E-state index contributed by atoms with van der Waals surface area (Å²) in [6.45, 7) is 1.84. The molecule has 0 heterocycles. The first-order valence-electron chi connectivity index (χ1n) is 9.53. The lowest BCUT2D eigenvalue weighted by molar-refractivity contribution is -0.125. The van der Waals surface area contributed by atoms with Crippen LogP contribution in [0.15, 0.2) is 72.8 Å². The van der Waals surface area contributed by atoms with Crippen molar-refractivity contribution in [3.8, 4) is 0 Å². The normalized spacial score (nSPS) is 12.0. The molecule has 3 rings (SSSR count). The third-order valence-electron chi connectivity index (χ3n) is 4.41. The number of sulfonamides is 1. The van der Waals surface area contributed by atoms with Crippen molar-refractivity contribution < 1.29 is 22.7 Å². The second kappa shape index (κ2) is 9.84. The molecule has 0 aliphatic carbocycles. The van der Waals surface area contributed by atoms with Gasteiger partial charge in [0.1, 0.15) is 0 Å². The van der Waals surface area contributed by atoms with Crippen LogP contribution >= 0.6 is 11.6 Å². The maximum Gasteiger partial charge on any atom is 0.339 e. The summed E-state index contributed by atoms with van der Waals surface area (Å²) in [5.41, 5.74) is 2.09. The Morgan fingerprint density at radius 3 is 2.31 bits per heavy atom. The predicted octanol–water partition coefficient (Wildman–Crippen LogP) is 4.56. The van der Waals surface area contributed by atoms with Crippen LogP contribution in [0.25, 0.3) is 0 Å². The molecule has 32 heavy (non-hydrogen) atoms. The maximum absolute atomic E-state index is 13.0. The predicted molar refractivity (Wildman–Crippen MR) is 124 cm³/mol. The van der Waals surface area contributed by atoms with Crippen LogP contribution in [0.4, 0.5) is 11.4 Å². The van der Waals surface area contributed by atoms with Crippen molar-refractivity contribution in [2.45, 2.75) is 13.0 Å². The van der Waals surface area contributed by atoms with Gasteiger partial charge in [-0.1, -0.05) is 54.1 Å². The Bertz CT molecular complexity index is 1250. The van der Waals surface area contributed by atoms with E-state index in [0.717, 1.165) is 11.8 Å². The number of aryl methyl sites for hydroxylation is 1. The van der Waals surface area contributed by atoms with Gasteiger partial charge >= 0.3 is 5.97 Å². The van der Waals surface area contributed by atoms with Crippen molar-refractivity contribution in [2.24, 2.45) is 0 Å². The van der Waals surface area contributed by atoms with Crippen LogP contribution in [0.3, 0.4) is 0 Å². The van der Waals surface area contributed by atoms with Crippen LogP contribution in [0.1, 0.15) is 27.6 Å². The second-order valence-corrected chi connectivity index (χ2v) is 9.26. The van der Waals surface area contributed by atoms with Crippen LogP contribution < -0.4 is 10.0 Å². The van der Waals surface area contributed by atoms with Gasteiger partial charge in [0, 0.05) is 22.0 Å². The van der Waals surface area contributed by atoms with Crippen molar-refractivity contribution in [3.05, 3.63) is 94.5 Å². The molecule has 0 aliphatic heterocycles. The zero-order valence-corrected chi connectivity index (χ0v) is 18.9. The van der Waals surface area contributed by atoms with Gasteiger partial charge in [-0.2, -0.15) is 0 Å². The zero-order valence-electron chi connectivity index (χ0n) is 17.3. The summed E-state index contributed by atoms with van der Waals surface area (Å²) < 4.78 is 30.8. The molecule has 7 nitrogen and oxygen atoms in total. The third-order valence-corrected chi connectivity index (χ3v) is 5.42. The van der Waals surface area contributed by atoms with Gasteiger partial charge in [-0.05, 0) is 42.8 Å². The monoisotopic (exact) mass is 472 g/mol. The van der Waals surface area contributed by atoms with Gasteiger partial charge in [0.15, 0.2) is 0 Å². The lowest BCUT2D eigenvalue weighted by Crippen LogP contribution is -2.26. The first-order chi connectivity index (χ1) is 15.1. The molecule has 0 bridgehead atoms. The van der Waals surface area contributed by atoms with E-state index in [1.54, 1.807) is 48.5 Å². The number of rotatable bonds is 7. The quantitative estimate of drug-likeness (QED) is 0.491. The summed E-state index contributed by atoms with van der Waals surface area (Å²) >= 11 is 6.13. The molecule has 166 valence electrons. The molecule has 0 saturated carbocycles.